The number of ether oxygens (including phenoxy) is 2. The average Bonchev–Trinajstić information content (AvgIpc) is 2.68. The van der Waals surface area contributed by atoms with Crippen LogP contribution in [0.15, 0.2) is 30.3 Å². The van der Waals surface area contributed by atoms with Crippen LogP contribution in [0, 0.1) is 0 Å². The first-order chi connectivity index (χ1) is 13.6. The number of hydrogen-bond acceptors (Lipinski definition) is 4. The van der Waals surface area contributed by atoms with Crippen molar-refractivity contribution >= 4 is 11.9 Å². The smallest absolute Gasteiger partial charge is 0.305 e. The van der Waals surface area contributed by atoms with E-state index in [2.05, 4.69) is 6.92 Å². The van der Waals surface area contributed by atoms with Crippen molar-refractivity contribution in [2.75, 3.05) is 13.2 Å². The molecular formula is C24H40O4. The van der Waals surface area contributed by atoms with Gasteiger partial charge in [-0.25, -0.2) is 0 Å². The molecule has 0 aliphatic heterocycles. The molecule has 0 aliphatic rings. The minimum absolute atomic E-state index is 0.0366. The van der Waals surface area contributed by atoms with Crippen molar-refractivity contribution in [3.8, 4) is 0 Å². The molecule has 0 aliphatic carbocycles. The molecule has 160 valence electrons. The van der Waals surface area contributed by atoms with Gasteiger partial charge in [-0.3, -0.25) is 9.59 Å². The molecule has 0 saturated carbocycles. The standard InChI is InChI=1S/C14H28O2.C10H12O2/c1-3-5-6-7-8-9-10-11-12-13-14(15)16-4-2;1-9(11)12-8-7-10-5-3-2-4-6-10/h3-13H2,1-2H3;2-6H,7-8H2,1H3. The third kappa shape index (κ3) is 18.9. The number of hydrogen-bond donors (Lipinski definition) is 0. The third-order valence-electron chi connectivity index (χ3n) is 4.33. The summed E-state index contributed by atoms with van der Waals surface area (Å²) < 4.78 is 9.68. The zero-order valence-electron chi connectivity index (χ0n) is 18.2. The number of carbonyl (C=O) groups is 2. The first-order valence-electron chi connectivity index (χ1n) is 10.9. The molecule has 4 heteroatoms. The Balaban J connectivity index is 0.000000540. The van der Waals surface area contributed by atoms with Crippen LogP contribution in [-0.2, 0) is 25.5 Å². The fourth-order valence-corrected chi connectivity index (χ4v) is 2.77. The second kappa shape index (κ2) is 19.9. The van der Waals surface area contributed by atoms with Crippen LogP contribution in [0.1, 0.15) is 90.5 Å². The maximum Gasteiger partial charge on any atom is 0.305 e. The minimum Gasteiger partial charge on any atom is -0.466 e. The van der Waals surface area contributed by atoms with Gasteiger partial charge >= 0.3 is 11.9 Å². The molecule has 0 atom stereocenters. The molecule has 0 bridgehead atoms. The summed E-state index contributed by atoms with van der Waals surface area (Å²) in [5.74, 6) is -0.253. The van der Waals surface area contributed by atoms with Crippen molar-refractivity contribution in [1.82, 2.24) is 0 Å². The number of carbonyl (C=O) groups excluding carboxylic acids is 2. The van der Waals surface area contributed by atoms with Gasteiger partial charge in [0.15, 0.2) is 0 Å². The van der Waals surface area contributed by atoms with Gasteiger partial charge < -0.3 is 9.47 Å². The Bertz CT molecular complexity index is 485. The van der Waals surface area contributed by atoms with E-state index in [1.165, 1.54) is 63.9 Å². The van der Waals surface area contributed by atoms with Gasteiger partial charge in [0.25, 0.3) is 0 Å². The highest BCUT2D eigenvalue weighted by Gasteiger charge is 2.00. The molecule has 0 fully saturated rings. The third-order valence-corrected chi connectivity index (χ3v) is 4.33. The Morgan fingerprint density at radius 2 is 1.36 bits per heavy atom. The van der Waals surface area contributed by atoms with E-state index in [0.717, 1.165) is 12.8 Å². The van der Waals surface area contributed by atoms with Crippen molar-refractivity contribution in [3.05, 3.63) is 35.9 Å². The van der Waals surface area contributed by atoms with Crippen LogP contribution in [-0.4, -0.2) is 25.2 Å². The molecule has 1 rings (SSSR count). The number of benzene rings is 1. The monoisotopic (exact) mass is 392 g/mol. The molecule has 0 unspecified atom stereocenters. The average molecular weight is 393 g/mol. The summed E-state index contributed by atoms with van der Waals surface area (Å²) in [4.78, 5) is 21.4. The molecule has 0 saturated heterocycles. The molecule has 0 aromatic heterocycles. The van der Waals surface area contributed by atoms with E-state index >= 15 is 0 Å². The Kier molecular flexibility index (Phi) is 18.6. The van der Waals surface area contributed by atoms with E-state index in [1.807, 2.05) is 37.3 Å². The molecule has 0 heterocycles. The van der Waals surface area contributed by atoms with Gasteiger partial charge in [0.2, 0.25) is 0 Å². The first kappa shape index (κ1) is 26.2. The Morgan fingerprint density at radius 3 is 1.89 bits per heavy atom. The molecule has 28 heavy (non-hydrogen) atoms. The van der Waals surface area contributed by atoms with Crippen molar-refractivity contribution in [2.45, 2.75) is 91.4 Å². The zero-order valence-corrected chi connectivity index (χ0v) is 18.2. The van der Waals surface area contributed by atoms with Crippen LogP contribution >= 0.6 is 0 Å². The molecule has 4 nitrogen and oxygen atoms in total. The fraction of sp³-hybridized carbons (Fsp3) is 0.667. The predicted molar refractivity (Wildman–Crippen MR) is 115 cm³/mol. The second-order valence-corrected chi connectivity index (χ2v) is 6.96. The van der Waals surface area contributed by atoms with Crippen LogP contribution in [0.25, 0.3) is 0 Å². The summed E-state index contributed by atoms with van der Waals surface area (Å²) in [5.41, 5.74) is 1.19. The van der Waals surface area contributed by atoms with Crippen LogP contribution in [0.5, 0.6) is 0 Å². The van der Waals surface area contributed by atoms with E-state index in [4.69, 9.17) is 9.47 Å². The molecule has 1 aromatic rings. The highest BCUT2D eigenvalue weighted by atomic mass is 16.5. The lowest BCUT2D eigenvalue weighted by Gasteiger charge is -2.02. The highest BCUT2D eigenvalue weighted by Crippen LogP contribution is 2.10. The van der Waals surface area contributed by atoms with Gasteiger partial charge in [0, 0.05) is 19.8 Å². The van der Waals surface area contributed by atoms with Gasteiger partial charge in [0.05, 0.1) is 13.2 Å². The summed E-state index contributed by atoms with van der Waals surface area (Å²) in [5, 5.41) is 0. The predicted octanol–water partition coefficient (Wildman–Crippen LogP) is 6.26. The molecule has 0 N–H and O–H groups in total. The molecule has 0 amide bonds. The van der Waals surface area contributed by atoms with E-state index in [1.54, 1.807) is 0 Å². The zero-order chi connectivity index (χ0) is 20.9. The lowest BCUT2D eigenvalue weighted by molar-refractivity contribution is -0.143. The molecular weight excluding hydrogens is 352 g/mol. The van der Waals surface area contributed by atoms with Gasteiger partial charge in [-0.1, -0.05) is 88.6 Å². The van der Waals surface area contributed by atoms with Gasteiger partial charge in [-0.05, 0) is 18.9 Å². The maximum atomic E-state index is 11.0. The summed E-state index contributed by atoms with van der Waals surface area (Å²) >= 11 is 0. The number of esters is 2. The topological polar surface area (TPSA) is 52.6 Å². The summed E-state index contributed by atoms with van der Waals surface area (Å²) in [7, 11) is 0. The summed E-state index contributed by atoms with van der Waals surface area (Å²) in [6.07, 6.45) is 13.0. The minimum atomic E-state index is -0.217. The first-order valence-corrected chi connectivity index (χ1v) is 10.9. The van der Waals surface area contributed by atoms with E-state index in [9.17, 15) is 9.59 Å². The van der Waals surface area contributed by atoms with Gasteiger partial charge in [0.1, 0.15) is 0 Å². The molecule has 0 radical (unpaired) electrons. The lowest BCUT2D eigenvalue weighted by atomic mass is 10.1. The number of unbranched alkanes of at least 4 members (excludes halogenated alkanes) is 8. The molecule has 1 aromatic carbocycles. The Morgan fingerprint density at radius 1 is 0.786 bits per heavy atom. The van der Waals surface area contributed by atoms with Crippen LogP contribution in [0.3, 0.4) is 0 Å². The van der Waals surface area contributed by atoms with E-state index in [-0.39, 0.29) is 11.9 Å². The van der Waals surface area contributed by atoms with Gasteiger partial charge in [-0.2, -0.15) is 0 Å². The summed E-state index contributed by atoms with van der Waals surface area (Å²) in [6.45, 7) is 6.50. The fourth-order valence-electron chi connectivity index (χ4n) is 2.77. The van der Waals surface area contributed by atoms with Crippen LogP contribution in [0.2, 0.25) is 0 Å². The largest absolute Gasteiger partial charge is 0.466 e. The lowest BCUT2D eigenvalue weighted by Crippen LogP contribution is -2.03. The van der Waals surface area contributed by atoms with Crippen molar-refractivity contribution < 1.29 is 19.1 Å². The van der Waals surface area contributed by atoms with E-state index < -0.39 is 0 Å². The van der Waals surface area contributed by atoms with Crippen LogP contribution < -0.4 is 0 Å². The van der Waals surface area contributed by atoms with Crippen molar-refractivity contribution in [2.24, 2.45) is 0 Å². The summed E-state index contributed by atoms with van der Waals surface area (Å²) in [6, 6.07) is 9.95. The Hall–Kier alpha value is -1.84. The Labute approximate surface area is 172 Å². The van der Waals surface area contributed by atoms with E-state index in [0.29, 0.717) is 19.6 Å². The quantitative estimate of drug-likeness (QED) is 0.277. The second-order valence-electron chi connectivity index (χ2n) is 6.96. The maximum absolute atomic E-state index is 11.0. The molecule has 0 spiro atoms. The highest BCUT2D eigenvalue weighted by molar-refractivity contribution is 5.69. The van der Waals surface area contributed by atoms with Crippen molar-refractivity contribution in [1.29, 1.82) is 0 Å². The van der Waals surface area contributed by atoms with Crippen molar-refractivity contribution in [3.63, 3.8) is 0 Å². The van der Waals surface area contributed by atoms with Crippen LogP contribution in [0.4, 0.5) is 0 Å². The SMILES string of the molecule is CC(=O)OCCc1ccccc1.CCCCCCCCCCCC(=O)OCC. The number of rotatable bonds is 14. The van der Waals surface area contributed by atoms with Gasteiger partial charge in [-0.15, -0.1) is 0 Å². The normalized spacial score (nSPS) is 9.96.